The Morgan fingerprint density at radius 1 is 1.00 bits per heavy atom. The van der Waals surface area contributed by atoms with Gasteiger partial charge in [0.15, 0.2) is 0 Å². The van der Waals surface area contributed by atoms with Crippen molar-refractivity contribution in [2.24, 2.45) is 0 Å². The molecule has 0 bridgehead atoms. The van der Waals surface area contributed by atoms with Crippen LogP contribution in [0.2, 0.25) is 0 Å². The van der Waals surface area contributed by atoms with E-state index in [1.807, 2.05) is 0 Å². The van der Waals surface area contributed by atoms with Crippen molar-refractivity contribution < 1.29 is 34.6 Å². The second-order valence-electron chi connectivity index (χ2n) is 0.408. The predicted octanol–water partition coefficient (Wildman–Crippen LogP) is -0.214. The van der Waals surface area contributed by atoms with Crippen LogP contribution in [0.3, 0.4) is 0 Å². The summed E-state index contributed by atoms with van der Waals surface area (Å²) in [6.45, 7) is 6.00. The maximum Gasteiger partial charge on any atom is 2.00 e. The van der Waals surface area contributed by atoms with Crippen molar-refractivity contribution in [2.75, 3.05) is 0 Å². The van der Waals surface area contributed by atoms with Gasteiger partial charge >= 0.3 is 17.1 Å². The summed E-state index contributed by atoms with van der Waals surface area (Å²) in [5, 5.41) is 0. The van der Waals surface area contributed by atoms with E-state index >= 15 is 0 Å². The number of rotatable bonds is 0. The molecule has 0 aromatic heterocycles. The summed E-state index contributed by atoms with van der Waals surface area (Å²) < 4.78 is 34.1. The van der Waals surface area contributed by atoms with Crippen LogP contribution in [-0.4, -0.2) is 17.5 Å². The molecule has 0 saturated carbocycles. The normalized spacial score (nSPS) is 6.20. The van der Waals surface area contributed by atoms with Crippen molar-refractivity contribution in [3.8, 4) is 0 Å². The van der Waals surface area contributed by atoms with E-state index in [4.69, 9.17) is 17.5 Å². The molecule has 6 N–H and O–H groups in total. The molecule has 6 nitrogen and oxygen atoms in total. The first-order valence-electron chi connectivity index (χ1n) is 1.17. The van der Waals surface area contributed by atoms with E-state index in [9.17, 15) is 0 Å². The fraction of sp³-hybridized carbons (Fsp3) is 0. The molecule has 0 rings (SSSR count). The molecule has 0 aliphatic rings. The molecule has 66 valence electrons. The van der Waals surface area contributed by atoms with Gasteiger partial charge in [-0.2, -0.15) is 0 Å². The molecule has 0 heterocycles. The van der Waals surface area contributed by atoms with Crippen molar-refractivity contribution in [3.63, 3.8) is 0 Å². The van der Waals surface area contributed by atoms with Crippen LogP contribution in [0.4, 0.5) is 0 Å². The fourth-order valence-corrected chi connectivity index (χ4v) is 0. The molecule has 0 aromatic carbocycles. The Balaban J connectivity index is -0.0000000154. The molecule has 0 aliphatic carbocycles. The topological polar surface area (TPSA) is 150 Å². The van der Waals surface area contributed by atoms with Crippen LogP contribution >= 0.6 is 0 Å². The summed E-state index contributed by atoms with van der Waals surface area (Å²) in [5.74, 6) is 0. The first kappa shape index (κ1) is 32.3. The summed E-state index contributed by atoms with van der Waals surface area (Å²) in [4.78, 5) is 0. The second-order valence-corrected chi connectivity index (χ2v) is 1.22. The van der Waals surface area contributed by atoms with Gasteiger partial charge in [0.05, 0.1) is 0 Å². The van der Waals surface area contributed by atoms with Gasteiger partial charge in [0, 0.05) is 10.4 Å². The Bertz CT molecular complexity index is 115. The van der Waals surface area contributed by atoms with Crippen LogP contribution < -0.4 is 12.3 Å². The molecule has 0 spiro atoms. The van der Waals surface area contributed by atoms with Gasteiger partial charge < -0.3 is 21.4 Å². The van der Waals surface area contributed by atoms with E-state index in [1.165, 1.54) is 0 Å². The van der Waals surface area contributed by atoms with E-state index in [0.717, 1.165) is 0 Å². The Hall–Kier alpha value is 0.0495. The number of hydrogen-bond acceptors (Lipinski definition) is 6. The van der Waals surface area contributed by atoms with Gasteiger partial charge in [-0.1, -0.05) is 0 Å². The van der Waals surface area contributed by atoms with Gasteiger partial charge in [-0.3, -0.25) is 8.42 Å². The summed E-state index contributed by atoms with van der Waals surface area (Å²) >= 11 is 0. The molecule has 0 atom stereocenters. The maximum atomic E-state index is 8.52. The fourth-order valence-electron chi connectivity index (χ4n) is 0. The molecule has 0 aliphatic heterocycles. The molecule has 10 heavy (non-hydrogen) atoms. The Labute approximate surface area is 70.9 Å². The first-order chi connectivity index (χ1) is 3.00. The van der Waals surface area contributed by atoms with E-state index < -0.39 is 10.4 Å². The molecule has 0 fully saturated rings. The van der Waals surface area contributed by atoms with E-state index in [1.54, 1.807) is 0 Å². The zero-order chi connectivity index (χ0) is 6.50. The first-order valence-corrected chi connectivity index (χ1v) is 2.50. The minimum atomic E-state index is -5.17. The summed E-state index contributed by atoms with van der Waals surface area (Å²) in [6.07, 6.45) is 0. The van der Waals surface area contributed by atoms with Crippen LogP contribution in [0, 0.1) is 0 Å². The third kappa shape index (κ3) is 163000. The SMILES string of the molecule is C=C.N.N.O=S(=O)([O-])[O-].[Fe+2]. The third-order valence-corrected chi connectivity index (χ3v) is 0. The van der Waals surface area contributed by atoms with Crippen LogP contribution in [0.1, 0.15) is 0 Å². The molecular weight excluding hydrogens is 204 g/mol. The zero-order valence-corrected chi connectivity index (χ0v) is 7.14. The Kier molecular flexibility index (Phi) is 51.7. The van der Waals surface area contributed by atoms with Gasteiger partial charge in [-0.15, -0.1) is 13.2 Å². The molecule has 0 radical (unpaired) electrons. The number of hydrogen-bond donors (Lipinski definition) is 2. The maximum absolute atomic E-state index is 8.52. The Morgan fingerprint density at radius 2 is 1.00 bits per heavy atom. The minimum Gasteiger partial charge on any atom is -0.759 e. The monoisotopic (exact) mass is 214 g/mol. The van der Waals surface area contributed by atoms with Gasteiger partial charge in [0.1, 0.15) is 0 Å². The zero-order valence-electron chi connectivity index (χ0n) is 5.22. The molecule has 0 aromatic rings. The van der Waals surface area contributed by atoms with Crippen molar-refractivity contribution in [1.29, 1.82) is 0 Å². The van der Waals surface area contributed by atoms with Crippen molar-refractivity contribution in [2.45, 2.75) is 0 Å². The molecule has 8 heteroatoms. The molecular formula is C2H10FeN2O4S. The van der Waals surface area contributed by atoms with Gasteiger partial charge in [-0.05, 0) is 0 Å². The molecule has 0 amide bonds. The van der Waals surface area contributed by atoms with Gasteiger partial charge in [0.2, 0.25) is 0 Å². The standard InChI is InChI=1S/C2H4.Fe.2H3N.H2O4S/c1-2;;;;1-5(2,3)4/h1-2H2;;2*1H3;(H2,1,2,3,4)/q;+2;;;/p-2. The van der Waals surface area contributed by atoms with Crippen molar-refractivity contribution in [3.05, 3.63) is 13.2 Å². The average Bonchev–Trinajstić information content (AvgIpc) is 1.36. The average molecular weight is 214 g/mol. The van der Waals surface area contributed by atoms with Crippen molar-refractivity contribution in [1.82, 2.24) is 12.3 Å². The molecule has 0 unspecified atom stereocenters. The Morgan fingerprint density at radius 3 is 1.00 bits per heavy atom. The quantitative estimate of drug-likeness (QED) is 0.246. The van der Waals surface area contributed by atoms with Gasteiger partial charge in [0.25, 0.3) is 0 Å². The minimum absolute atomic E-state index is 0. The molecule has 0 saturated heterocycles. The largest absolute Gasteiger partial charge is 2.00 e. The van der Waals surface area contributed by atoms with Crippen LogP contribution in [0.5, 0.6) is 0 Å². The predicted molar refractivity (Wildman–Crippen MR) is 31.8 cm³/mol. The summed E-state index contributed by atoms with van der Waals surface area (Å²) in [7, 11) is -5.17. The van der Waals surface area contributed by atoms with Crippen LogP contribution in [0.15, 0.2) is 13.2 Å². The van der Waals surface area contributed by atoms with E-state index in [-0.39, 0.29) is 29.4 Å². The van der Waals surface area contributed by atoms with Crippen LogP contribution in [-0.2, 0) is 27.5 Å². The van der Waals surface area contributed by atoms with Crippen molar-refractivity contribution >= 4 is 10.4 Å². The smallest absolute Gasteiger partial charge is 0.759 e. The van der Waals surface area contributed by atoms with E-state index in [0.29, 0.717) is 0 Å². The van der Waals surface area contributed by atoms with Crippen LogP contribution in [0.25, 0.3) is 0 Å². The summed E-state index contributed by atoms with van der Waals surface area (Å²) in [6, 6.07) is 0. The van der Waals surface area contributed by atoms with Gasteiger partial charge in [-0.25, -0.2) is 0 Å². The summed E-state index contributed by atoms with van der Waals surface area (Å²) in [5.41, 5.74) is 0. The second kappa shape index (κ2) is 16.0. The third-order valence-electron chi connectivity index (χ3n) is 0. The van der Waals surface area contributed by atoms with E-state index in [2.05, 4.69) is 13.2 Å².